The summed E-state index contributed by atoms with van der Waals surface area (Å²) in [4.78, 5) is 13.4. The fourth-order valence-corrected chi connectivity index (χ4v) is 2.85. The summed E-state index contributed by atoms with van der Waals surface area (Å²) in [6.07, 6.45) is 0. The number of amides is 1. The van der Waals surface area contributed by atoms with E-state index in [1.54, 1.807) is 11.3 Å². The maximum Gasteiger partial charge on any atom is 0.256 e. The van der Waals surface area contributed by atoms with Gasteiger partial charge in [-0.2, -0.15) is 0 Å². The fraction of sp³-hybridized carbons (Fsp3) is 0.267. The Labute approximate surface area is 112 Å². The molecule has 1 aromatic carbocycles. The SMILES string of the molecule is Cc1cc(C)cc(NC(=O)c2csc(C)c2C)c1. The van der Waals surface area contributed by atoms with Gasteiger partial charge in [-0.25, -0.2) is 0 Å². The Hall–Kier alpha value is -1.61. The van der Waals surface area contributed by atoms with Crippen molar-refractivity contribution < 1.29 is 4.79 Å². The van der Waals surface area contributed by atoms with Crippen molar-refractivity contribution in [3.8, 4) is 0 Å². The van der Waals surface area contributed by atoms with E-state index < -0.39 is 0 Å². The molecule has 1 aromatic heterocycles. The molecule has 1 amide bonds. The molecule has 3 heteroatoms. The molecule has 0 spiro atoms. The molecule has 0 saturated carbocycles. The standard InChI is InChI=1S/C15H17NOS/c1-9-5-10(2)7-13(6-9)16-15(17)14-8-18-12(4)11(14)3/h5-8H,1-4H3,(H,16,17). The molecule has 1 heterocycles. The third-order valence-electron chi connectivity index (χ3n) is 3.01. The topological polar surface area (TPSA) is 29.1 Å². The second-order valence-electron chi connectivity index (χ2n) is 4.66. The van der Waals surface area contributed by atoms with E-state index in [-0.39, 0.29) is 5.91 Å². The predicted octanol–water partition coefficient (Wildman–Crippen LogP) is 4.23. The summed E-state index contributed by atoms with van der Waals surface area (Å²) in [5.41, 5.74) is 5.02. The highest BCUT2D eigenvalue weighted by molar-refractivity contribution is 7.10. The lowest BCUT2D eigenvalue weighted by atomic mass is 10.1. The van der Waals surface area contributed by atoms with Crippen molar-refractivity contribution in [2.24, 2.45) is 0 Å². The van der Waals surface area contributed by atoms with Gasteiger partial charge in [0.25, 0.3) is 5.91 Å². The zero-order valence-corrected chi connectivity index (χ0v) is 11.9. The number of carbonyl (C=O) groups excluding carboxylic acids is 1. The first kappa shape index (κ1) is 12.8. The van der Waals surface area contributed by atoms with Crippen molar-refractivity contribution >= 4 is 22.9 Å². The first-order valence-corrected chi connectivity index (χ1v) is 6.79. The zero-order chi connectivity index (χ0) is 13.3. The third kappa shape index (κ3) is 2.62. The number of benzene rings is 1. The van der Waals surface area contributed by atoms with Gasteiger partial charge in [0, 0.05) is 15.9 Å². The average molecular weight is 259 g/mol. The van der Waals surface area contributed by atoms with Crippen molar-refractivity contribution in [2.45, 2.75) is 27.7 Å². The minimum absolute atomic E-state index is 0.0261. The molecule has 0 aliphatic carbocycles. The van der Waals surface area contributed by atoms with Gasteiger partial charge in [0.1, 0.15) is 0 Å². The molecule has 0 saturated heterocycles. The normalized spacial score (nSPS) is 10.4. The van der Waals surface area contributed by atoms with Gasteiger partial charge in [0.2, 0.25) is 0 Å². The van der Waals surface area contributed by atoms with Crippen LogP contribution in [0.2, 0.25) is 0 Å². The number of hydrogen-bond acceptors (Lipinski definition) is 2. The number of aryl methyl sites for hydroxylation is 3. The van der Waals surface area contributed by atoms with Crippen molar-refractivity contribution in [1.82, 2.24) is 0 Å². The van der Waals surface area contributed by atoms with E-state index >= 15 is 0 Å². The van der Waals surface area contributed by atoms with Crippen LogP contribution in [0.25, 0.3) is 0 Å². The Bertz CT molecular complexity index is 578. The summed E-state index contributed by atoms with van der Waals surface area (Å²) in [6, 6.07) is 6.06. The van der Waals surface area contributed by atoms with Crippen LogP contribution in [-0.2, 0) is 0 Å². The molecule has 0 atom stereocenters. The molecule has 18 heavy (non-hydrogen) atoms. The molecule has 2 nitrogen and oxygen atoms in total. The largest absolute Gasteiger partial charge is 0.322 e. The van der Waals surface area contributed by atoms with E-state index in [0.29, 0.717) is 0 Å². The molecule has 1 N–H and O–H groups in total. The van der Waals surface area contributed by atoms with Crippen LogP contribution in [0.5, 0.6) is 0 Å². The van der Waals surface area contributed by atoms with E-state index in [4.69, 9.17) is 0 Å². The predicted molar refractivity (Wildman–Crippen MR) is 77.7 cm³/mol. The van der Waals surface area contributed by atoms with Crippen LogP contribution in [0.1, 0.15) is 31.9 Å². The molecule has 2 aromatic rings. The highest BCUT2D eigenvalue weighted by atomic mass is 32.1. The Kier molecular flexibility index (Phi) is 3.53. The molecule has 0 aliphatic heterocycles. The van der Waals surface area contributed by atoms with Crippen molar-refractivity contribution in [1.29, 1.82) is 0 Å². The van der Waals surface area contributed by atoms with Gasteiger partial charge in [-0.15, -0.1) is 11.3 Å². The quantitative estimate of drug-likeness (QED) is 0.859. The number of rotatable bonds is 2. The summed E-state index contributed by atoms with van der Waals surface area (Å²) < 4.78 is 0. The molecule has 0 unspecified atom stereocenters. The lowest BCUT2D eigenvalue weighted by molar-refractivity contribution is 0.102. The van der Waals surface area contributed by atoms with Crippen molar-refractivity contribution in [2.75, 3.05) is 5.32 Å². The summed E-state index contributed by atoms with van der Waals surface area (Å²) >= 11 is 1.62. The smallest absolute Gasteiger partial charge is 0.256 e. The highest BCUT2D eigenvalue weighted by Crippen LogP contribution is 2.22. The van der Waals surface area contributed by atoms with Crippen LogP contribution in [-0.4, -0.2) is 5.91 Å². The van der Waals surface area contributed by atoms with Gasteiger partial charge in [-0.3, -0.25) is 4.79 Å². The van der Waals surface area contributed by atoms with Gasteiger partial charge in [-0.05, 0) is 56.5 Å². The van der Waals surface area contributed by atoms with Gasteiger partial charge >= 0.3 is 0 Å². The molecule has 0 bridgehead atoms. The highest BCUT2D eigenvalue weighted by Gasteiger charge is 2.12. The molecular formula is C15H17NOS. The van der Waals surface area contributed by atoms with E-state index in [9.17, 15) is 4.79 Å². The van der Waals surface area contributed by atoms with Crippen LogP contribution in [0.15, 0.2) is 23.6 Å². The Balaban J connectivity index is 2.24. The molecule has 0 aliphatic rings. The maximum atomic E-state index is 12.2. The summed E-state index contributed by atoms with van der Waals surface area (Å²) in [5, 5.41) is 4.88. The molecular weight excluding hydrogens is 242 g/mol. The Morgan fingerprint density at radius 1 is 1.06 bits per heavy atom. The summed E-state index contributed by atoms with van der Waals surface area (Å²) in [7, 11) is 0. The molecule has 0 fully saturated rings. The average Bonchev–Trinajstić information content (AvgIpc) is 2.58. The maximum absolute atomic E-state index is 12.2. The Morgan fingerprint density at radius 2 is 1.67 bits per heavy atom. The summed E-state index contributed by atoms with van der Waals surface area (Å²) in [6.45, 7) is 8.08. The fourth-order valence-electron chi connectivity index (χ4n) is 1.98. The minimum Gasteiger partial charge on any atom is -0.322 e. The van der Waals surface area contributed by atoms with E-state index in [0.717, 1.165) is 27.9 Å². The van der Waals surface area contributed by atoms with Crippen LogP contribution in [0.4, 0.5) is 5.69 Å². The lowest BCUT2D eigenvalue weighted by Crippen LogP contribution is -2.12. The number of thiophene rings is 1. The second kappa shape index (κ2) is 4.94. The molecule has 94 valence electrons. The van der Waals surface area contributed by atoms with E-state index in [1.165, 1.54) is 4.88 Å². The number of anilines is 1. The van der Waals surface area contributed by atoms with Crippen molar-refractivity contribution in [3.05, 3.63) is 50.7 Å². The monoisotopic (exact) mass is 259 g/mol. The second-order valence-corrected chi connectivity index (χ2v) is 5.74. The molecule has 2 rings (SSSR count). The number of hydrogen-bond donors (Lipinski definition) is 1. The Morgan fingerprint density at radius 3 is 2.17 bits per heavy atom. The third-order valence-corrected chi connectivity index (χ3v) is 4.02. The van der Waals surface area contributed by atoms with E-state index in [2.05, 4.69) is 11.4 Å². The van der Waals surface area contributed by atoms with Crippen LogP contribution < -0.4 is 5.32 Å². The van der Waals surface area contributed by atoms with Crippen LogP contribution in [0, 0.1) is 27.7 Å². The van der Waals surface area contributed by atoms with E-state index in [1.807, 2.05) is 45.2 Å². The van der Waals surface area contributed by atoms with Crippen LogP contribution in [0.3, 0.4) is 0 Å². The zero-order valence-electron chi connectivity index (χ0n) is 11.1. The van der Waals surface area contributed by atoms with Gasteiger partial charge < -0.3 is 5.32 Å². The van der Waals surface area contributed by atoms with Gasteiger partial charge in [0.05, 0.1) is 5.56 Å². The molecule has 0 radical (unpaired) electrons. The van der Waals surface area contributed by atoms with Gasteiger partial charge in [-0.1, -0.05) is 6.07 Å². The van der Waals surface area contributed by atoms with Gasteiger partial charge in [0.15, 0.2) is 0 Å². The first-order valence-electron chi connectivity index (χ1n) is 5.91. The van der Waals surface area contributed by atoms with Crippen LogP contribution >= 0.6 is 11.3 Å². The lowest BCUT2D eigenvalue weighted by Gasteiger charge is -2.07. The van der Waals surface area contributed by atoms with Crippen molar-refractivity contribution in [3.63, 3.8) is 0 Å². The number of nitrogens with one attached hydrogen (secondary N) is 1. The summed E-state index contributed by atoms with van der Waals surface area (Å²) in [5.74, 6) is -0.0261. The first-order chi connectivity index (χ1) is 8.47. The minimum atomic E-state index is -0.0261. The number of carbonyl (C=O) groups is 1.